The van der Waals surface area contributed by atoms with Crippen molar-refractivity contribution in [1.29, 1.82) is 0 Å². The zero-order valence-electron chi connectivity index (χ0n) is 23.7. The van der Waals surface area contributed by atoms with Crippen molar-refractivity contribution < 1.29 is 39.2 Å². The first-order valence-electron chi connectivity index (χ1n) is 13.8. The van der Waals surface area contributed by atoms with E-state index in [0.717, 1.165) is 5.56 Å². The lowest BCUT2D eigenvalue weighted by molar-refractivity contribution is -0.147. The van der Waals surface area contributed by atoms with Gasteiger partial charge >= 0.3 is 0 Å². The lowest BCUT2D eigenvalue weighted by atomic mass is 9.59. The highest BCUT2D eigenvalue weighted by molar-refractivity contribution is 7.14. The third kappa shape index (κ3) is 4.42. The van der Waals surface area contributed by atoms with Crippen molar-refractivity contribution in [1.82, 2.24) is 4.98 Å². The zero-order valence-corrected chi connectivity index (χ0v) is 24.5. The molecule has 0 radical (unpaired) electrons. The lowest BCUT2D eigenvalue weighted by Gasteiger charge is -2.46. The maximum absolute atomic E-state index is 13.8. The van der Waals surface area contributed by atoms with Crippen molar-refractivity contribution in [3.8, 4) is 17.0 Å². The summed E-state index contributed by atoms with van der Waals surface area (Å²) in [5, 5.41) is 50.7. The molecule has 1 aromatic heterocycles. The molecular formula is C31H29FN4O7S. The second-order valence-corrected chi connectivity index (χ2v) is 12.3. The predicted octanol–water partition coefficient (Wildman–Crippen LogP) is 3.36. The Balaban J connectivity index is 1.38. The summed E-state index contributed by atoms with van der Waals surface area (Å²) in [5.41, 5.74) is 4.65. The molecule has 1 fully saturated rings. The van der Waals surface area contributed by atoms with Gasteiger partial charge < -0.3 is 36.4 Å². The number of Topliss-reactive ketones (excluding diaryl/α,β-unsaturated/α-hetero) is 2. The van der Waals surface area contributed by atoms with E-state index in [1.54, 1.807) is 32.3 Å². The lowest BCUT2D eigenvalue weighted by Crippen LogP contribution is -2.58. The number of nitrogens with one attached hydrogen (secondary N) is 1. The summed E-state index contributed by atoms with van der Waals surface area (Å²) in [6.45, 7) is 0.0932. The van der Waals surface area contributed by atoms with E-state index in [1.165, 1.54) is 23.5 Å². The van der Waals surface area contributed by atoms with Crippen molar-refractivity contribution in [3.63, 3.8) is 0 Å². The van der Waals surface area contributed by atoms with Gasteiger partial charge in [-0.05, 0) is 54.7 Å². The summed E-state index contributed by atoms with van der Waals surface area (Å²) < 4.78 is 13.3. The number of thiazole rings is 1. The number of fused-ring (bicyclic) bond motifs is 3. The van der Waals surface area contributed by atoms with Gasteiger partial charge in [0.1, 0.15) is 28.7 Å². The van der Waals surface area contributed by atoms with Crippen molar-refractivity contribution >= 4 is 45.4 Å². The number of benzene rings is 2. The minimum Gasteiger partial charge on any atom is -0.508 e. The smallest absolute Gasteiger partial charge is 0.255 e. The van der Waals surface area contributed by atoms with Crippen molar-refractivity contribution in [3.05, 3.63) is 75.1 Å². The molecule has 0 saturated heterocycles. The predicted molar refractivity (Wildman–Crippen MR) is 161 cm³/mol. The number of primary amides is 1. The first kappa shape index (κ1) is 29.3. The molecule has 11 nitrogen and oxygen atoms in total. The number of amides is 1. The third-order valence-corrected chi connectivity index (χ3v) is 9.48. The Morgan fingerprint density at radius 2 is 1.89 bits per heavy atom. The third-order valence-electron chi connectivity index (χ3n) is 8.68. The van der Waals surface area contributed by atoms with Gasteiger partial charge in [-0.3, -0.25) is 14.4 Å². The molecule has 3 atom stereocenters. The topological polar surface area (TPSA) is 186 Å². The highest BCUT2D eigenvalue weighted by atomic mass is 32.1. The van der Waals surface area contributed by atoms with E-state index in [-0.39, 0.29) is 48.5 Å². The van der Waals surface area contributed by atoms with Gasteiger partial charge in [0, 0.05) is 60.7 Å². The maximum Gasteiger partial charge on any atom is 0.255 e. The molecule has 3 aliphatic rings. The molecule has 6 rings (SSSR count). The number of aliphatic hydroxyl groups excluding tert-OH is 2. The van der Waals surface area contributed by atoms with E-state index in [2.05, 4.69) is 10.3 Å². The van der Waals surface area contributed by atoms with E-state index in [1.807, 2.05) is 10.3 Å². The van der Waals surface area contributed by atoms with Gasteiger partial charge in [-0.25, -0.2) is 9.37 Å². The number of carbonyl (C=O) groups is 3. The standard InChI is InChI=1S/C31H29FN4O7S/c1-36(2)20-9-15(11-34-30-35-19(12-44-30)13-3-5-17(32)6-4-13)25(38)23-18(20)8-14-7-16-10-21(37)24(29(33)42)28(41)31(16,43)27(40)22(14)26(23)39/h3-6,9,12,14,16,38-39,41,43H,7-8,10-11H2,1-2H3,(H2,33,42)(H,34,35)/t14-,16+,31+/m1/s1. The monoisotopic (exact) mass is 620 g/mol. The van der Waals surface area contributed by atoms with Crippen LogP contribution in [-0.4, -0.2) is 62.6 Å². The van der Waals surface area contributed by atoms with Gasteiger partial charge in [-0.15, -0.1) is 11.3 Å². The van der Waals surface area contributed by atoms with Crippen LogP contribution in [0.4, 0.5) is 15.2 Å². The molecule has 0 bridgehead atoms. The van der Waals surface area contributed by atoms with Crippen LogP contribution in [0.3, 0.4) is 0 Å². The zero-order chi connectivity index (χ0) is 31.7. The average Bonchev–Trinajstić information content (AvgIpc) is 3.43. The highest BCUT2D eigenvalue weighted by Gasteiger charge is 2.60. The van der Waals surface area contributed by atoms with Crippen LogP contribution in [0.15, 0.2) is 52.6 Å². The number of ketones is 2. The summed E-state index contributed by atoms with van der Waals surface area (Å²) in [6.07, 6.45) is -0.116. The normalized spacial score (nSPS) is 22.8. The maximum atomic E-state index is 13.8. The van der Waals surface area contributed by atoms with Gasteiger partial charge in [0.25, 0.3) is 5.91 Å². The number of carbonyl (C=O) groups excluding carboxylic acids is 3. The summed E-state index contributed by atoms with van der Waals surface area (Å²) in [4.78, 5) is 44.6. The highest BCUT2D eigenvalue weighted by Crippen LogP contribution is 2.53. The molecule has 0 spiro atoms. The Morgan fingerprint density at radius 1 is 1.18 bits per heavy atom. The Labute approximate surface area is 254 Å². The van der Waals surface area contributed by atoms with Crippen LogP contribution in [0.2, 0.25) is 0 Å². The van der Waals surface area contributed by atoms with Crippen LogP contribution < -0.4 is 16.0 Å². The number of anilines is 2. The van der Waals surface area contributed by atoms with Crippen LogP contribution in [0.5, 0.6) is 5.75 Å². The van der Waals surface area contributed by atoms with E-state index in [4.69, 9.17) is 5.73 Å². The first-order valence-corrected chi connectivity index (χ1v) is 14.7. The fraction of sp³-hybridized carbons (Fsp3) is 0.290. The summed E-state index contributed by atoms with van der Waals surface area (Å²) in [5.74, 6) is -7.03. The van der Waals surface area contributed by atoms with Gasteiger partial charge in [0.2, 0.25) is 5.78 Å². The van der Waals surface area contributed by atoms with Crippen LogP contribution in [-0.2, 0) is 27.3 Å². The minimum absolute atomic E-state index is 0.0197. The number of nitrogens with two attached hydrogens (primary N) is 1. The number of hydrogen-bond acceptors (Lipinski definition) is 11. The fourth-order valence-electron chi connectivity index (χ4n) is 6.54. The van der Waals surface area contributed by atoms with Crippen molar-refractivity contribution in [2.45, 2.75) is 31.4 Å². The molecule has 13 heteroatoms. The number of aromatic nitrogens is 1. The molecule has 0 aliphatic heterocycles. The number of aromatic hydroxyl groups is 1. The van der Waals surface area contributed by atoms with Gasteiger partial charge in [0.15, 0.2) is 16.5 Å². The number of aliphatic hydroxyl groups is 3. The van der Waals surface area contributed by atoms with Crippen molar-refractivity contribution in [2.24, 2.45) is 17.6 Å². The fourth-order valence-corrected chi connectivity index (χ4v) is 7.25. The van der Waals surface area contributed by atoms with Gasteiger partial charge in [0.05, 0.1) is 11.3 Å². The number of nitrogens with zero attached hydrogens (tertiary/aromatic N) is 2. The Bertz CT molecular complexity index is 1810. The van der Waals surface area contributed by atoms with E-state index in [9.17, 15) is 39.2 Å². The molecule has 3 aromatic rings. The second-order valence-electron chi connectivity index (χ2n) is 11.5. The number of rotatable bonds is 6. The average molecular weight is 621 g/mol. The van der Waals surface area contributed by atoms with Crippen LogP contribution in [0.25, 0.3) is 17.0 Å². The molecule has 2 aromatic carbocycles. The van der Waals surface area contributed by atoms with E-state index >= 15 is 0 Å². The Hall–Kier alpha value is -4.75. The summed E-state index contributed by atoms with van der Waals surface area (Å²) in [7, 11) is 3.60. The molecule has 228 valence electrons. The van der Waals surface area contributed by atoms with Crippen LogP contribution >= 0.6 is 11.3 Å². The largest absolute Gasteiger partial charge is 0.508 e. The quantitative estimate of drug-likeness (QED) is 0.223. The van der Waals surface area contributed by atoms with E-state index < -0.39 is 52.0 Å². The number of phenolic OH excluding ortho intramolecular Hbond substituents is 1. The molecule has 3 aliphatic carbocycles. The molecule has 44 heavy (non-hydrogen) atoms. The molecule has 1 amide bonds. The SMILES string of the molecule is CN(C)c1cc(CNc2nc(-c3ccc(F)cc3)cs2)c(O)c2c1C[C@H]1C[C@H]3CC(=O)C(C(N)=O)=C(O)[C@@]3(O)C(=O)C1=C2O. The van der Waals surface area contributed by atoms with Crippen LogP contribution in [0, 0.1) is 17.7 Å². The summed E-state index contributed by atoms with van der Waals surface area (Å²) >= 11 is 1.32. The molecule has 1 saturated carbocycles. The molecule has 1 heterocycles. The second kappa shape index (κ2) is 10.5. The number of hydrogen-bond donors (Lipinski definition) is 6. The summed E-state index contributed by atoms with van der Waals surface area (Å²) in [6, 6.07) is 7.71. The Kier molecular flexibility index (Phi) is 6.97. The van der Waals surface area contributed by atoms with Crippen LogP contribution in [0.1, 0.15) is 29.5 Å². The molecule has 0 unspecified atom stereocenters. The van der Waals surface area contributed by atoms with Crippen molar-refractivity contribution in [2.75, 3.05) is 24.3 Å². The van der Waals surface area contributed by atoms with Gasteiger partial charge in [-0.1, -0.05) is 0 Å². The van der Waals surface area contributed by atoms with E-state index in [0.29, 0.717) is 27.6 Å². The number of halogens is 1. The number of phenols is 1. The van der Waals surface area contributed by atoms with Gasteiger partial charge in [-0.2, -0.15) is 0 Å². The minimum atomic E-state index is -2.62. The first-order chi connectivity index (χ1) is 20.8. The molecular weight excluding hydrogens is 591 g/mol. The molecule has 7 N–H and O–H groups in total. The Morgan fingerprint density at radius 3 is 2.55 bits per heavy atom.